The van der Waals surface area contributed by atoms with E-state index in [1.807, 2.05) is 0 Å². The van der Waals surface area contributed by atoms with Crippen molar-refractivity contribution in [2.75, 3.05) is 0 Å². The Labute approximate surface area is 106 Å². The van der Waals surface area contributed by atoms with E-state index in [0.29, 0.717) is 22.0 Å². The van der Waals surface area contributed by atoms with Crippen LogP contribution in [0.15, 0.2) is 47.5 Å². The summed E-state index contributed by atoms with van der Waals surface area (Å²) in [6.45, 7) is 0. The van der Waals surface area contributed by atoms with Gasteiger partial charge in [-0.05, 0) is 35.4 Å². The highest BCUT2D eigenvalue weighted by atomic mass is 19.1. The number of hydrogen-bond donors (Lipinski definition) is 1. The van der Waals surface area contributed by atoms with Gasteiger partial charge in [-0.3, -0.25) is 4.79 Å². The SMILES string of the molecule is O=c1[nH]cnc2cc(-c3cc(F)cc(F)c3)ccc12. The average Bonchev–Trinajstić information content (AvgIpc) is 2.37. The van der Waals surface area contributed by atoms with Crippen molar-refractivity contribution in [3.8, 4) is 11.1 Å². The molecule has 2 aromatic carbocycles. The zero-order valence-electron chi connectivity index (χ0n) is 9.65. The first-order valence-electron chi connectivity index (χ1n) is 5.57. The van der Waals surface area contributed by atoms with Crippen LogP contribution in [0.4, 0.5) is 8.78 Å². The molecule has 1 aromatic heterocycles. The normalized spacial score (nSPS) is 10.8. The summed E-state index contributed by atoms with van der Waals surface area (Å²) in [4.78, 5) is 18.0. The van der Waals surface area contributed by atoms with Gasteiger partial charge in [-0.1, -0.05) is 6.07 Å². The van der Waals surface area contributed by atoms with Crippen molar-refractivity contribution >= 4 is 10.9 Å². The fourth-order valence-corrected chi connectivity index (χ4v) is 1.97. The summed E-state index contributed by atoms with van der Waals surface area (Å²) in [6.07, 6.45) is 1.29. The van der Waals surface area contributed by atoms with Crippen LogP contribution in [0.5, 0.6) is 0 Å². The van der Waals surface area contributed by atoms with Gasteiger partial charge in [-0.25, -0.2) is 13.8 Å². The molecular formula is C14H8F2N2O. The molecule has 1 N–H and O–H groups in total. The Morgan fingerprint density at radius 3 is 2.42 bits per heavy atom. The summed E-state index contributed by atoms with van der Waals surface area (Å²) in [7, 11) is 0. The lowest BCUT2D eigenvalue weighted by molar-refractivity contribution is 0.584. The molecule has 0 unspecified atom stereocenters. The lowest BCUT2D eigenvalue weighted by Crippen LogP contribution is -2.05. The molecule has 0 saturated heterocycles. The minimum Gasteiger partial charge on any atom is -0.313 e. The average molecular weight is 258 g/mol. The standard InChI is InChI=1S/C14H8F2N2O/c15-10-3-9(4-11(16)6-10)8-1-2-12-13(5-8)17-7-18-14(12)19/h1-7H,(H,17,18,19). The van der Waals surface area contributed by atoms with E-state index < -0.39 is 11.6 Å². The van der Waals surface area contributed by atoms with Crippen LogP contribution < -0.4 is 5.56 Å². The molecule has 0 spiro atoms. The van der Waals surface area contributed by atoms with E-state index in [2.05, 4.69) is 9.97 Å². The van der Waals surface area contributed by atoms with Crippen LogP contribution in [0.2, 0.25) is 0 Å². The van der Waals surface area contributed by atoms with Gasteiger partial charge in [0.25, 0.3) is 5.56 Å². The number of nitrogens with zero attached hydrogens (tertiary/aromatic N) is 1. The van der Waals surface area contributed by atoms with Gasteiger partial charge in [0.2, 0.25) is 0 Å². The van der Waals surface area contributed by atoms with Crippen molar-refractivity contribution in [1.29, 1.82) is 0 Å². The second-order valence-electron chi connectivity index (χ2n) is 4.12. The predicted octanol–water partition coefficient (Wildman–Crippen LogP) is 2.87. The number of hydrogen-bond acceptors (Lipinski definition) is 2. The Bertz CT molecular complexity index is 807. The van der Waals surface area contributed by atoms with Crippen LogP contribution in [-0.4, -0.2) is 9.97 Å². The molecule has 0 aliphatic carbocycles. The molecule has 94 valence electrons. The zero-order chi connectivity index (χ0) is 13.4. The summed E-state index contributed by atoms with van der Waals surface area (Å²) in [5, 5.41) is 0.433. The molecular weight excluding hydrogens is 250 g/mol. The van der Waals surface area contributed by atoms with Crippen LogP contribution in [0.3, 0.4) is 0 Å². The molecule has 0 saturated carbocycles. The van der Waals surface area contributed by atoms with Gasteiger partial charge in [-0.15, -0.1) is 0 Å². The number of aromatic nitrogens is 2. The molecule has 0 atom stereocenters. The van der Waals surface area contributed by atoms with Crippen LogP contribution in [0.25, 0.3) is 22.0 Å². The maximum absolute atomic E-state index is 13.2. The van der Waals surface area contributed by atoms with Crippen molar-refractivity contribution in [3.05, 3.63) is 64.7 Å². The minimum absolute atomic E-state index is 0.248. The summed E-state index contributed by atoms with van der Waals surface area (Å²) in [5.41, 5.74) is 1.23. The lowest BCUT2D eigenvalue weighted by Gasteiger charge is -2.04. The number of benzene rings is 2. The summed E-state index contributed by atoms with van der Waals surface area (Å²) in [6, 6.07) is 8.12. The second kappa shape index (κ2) is 4.28. The third kappa shape index (κ3) is 2.10. The van der Waals surface area contributed by atoms with E-state index >= 15 is 0 Å². The van der Waals surface area contributed by atoms with Gasteiger partial charge in [0, 0.05) is 6.07 Å². The number of H-pyrrole nitrogens is 1. The number of rotatable bonds is 1. The molecule has 3 aromatic rings. The van der Waals surface area contributed by atoms with Gasteiger partial charge in [0.05, 0.1) is 17.2 Å². The second-order valence-corrected chi connectivity index (χ2v) is 4.12. The third-order valence-corrected chi connectivity index (χ3v) is 2.84. The maximum Gasteiger partial charge on any atom is 0.258 e. The van der Waals surface area contributed by atoms with Crippen molar-refractivity contribution in [1.82, 2.24) is 9.97 Å². The zero-order valence-corrected chi connectivity index (χ0v) is 9.65. The van der Waals surface area contributed by atoms with Crippen molar-refractivity contribution in [2.24, 2.45) is 0 Å². The summed E-state index contributed by atoms with van der Waals surface area (Å²) < 4.78 is 26.4. The van der Waals surface area contributed by atoms with Crippen molar-refractivity contribution in [2.45, 2.75) is 0 Å². The number of nitrogens with one attached hydrogen (secondary N) is 1. The molecule has 1 heterocycles. The molecule has 0 bridgehead atoms. The van der Waals surface area contributed by atoms with Crippen LogP contribution in [0.1, 0.15) is 0 Å². The molecule has 0 radical (unpaired) electrons. The molecule has 3 rings (SSSR count). The fraction of sp³-hybridized carbons (Fsp3) is 0. The molecule has 0 aliphatic heterocycles. The number of aromatic amines is 1. The van der Waals surface area contributed by atoms with Gasteiger partial charge < -0.3 is 4.98 Å². The first-order chi connectivity index (χ1) is 9.13. The monoisotopic (exact) mass is 258 g/mol. The molecule has 3 nitrogen and oxygen atoms in total. The molecule has 0 fully saturated rings. The van der Waals surface area contributed by atoms with Gasteiger partial charge >= 0.3 is 0 Å². The van der Waals surface area contributed by atoms with Gasteiger partial charge in [-0.2, -0.15) is 0 Å². The van der Waals surface area contributed by atoms with Crippen LogP contribution >= 0.6 is 0 Å². The van der Waals surface area contributed by atoms with Crippen LogP contribution in [0, 0.1) is 11.6 Å². The van der Waals surface area contributed by atoms with E-state index in [-0.39, 0.29) is 5.56 Å². The van der Waals surface area contributed by atoms with Gasteiger partial charge in [0.15, 0.2) is 0 Å². The summed E-state index contributed by atoms with van der Waals surface area (Å²) in [5.74, 6) is -1.29. The summed E-state index contributed by atoms with van der Waals surface area (Å²) >= 11 is 0. The lowest BCUT2D eigenvalue weighted by atomic mass is 10.0. The Balaban J connectivity index is 2.23. The van der Waals surface area contributed by atoms with Crippen LogP contribution in [-0.2, 0) is 0 Å². The Hall–Kier alpha value is -2.56. The Morgan fingerprint density at radius 1 is 0.947 bits per heavy atom. The highest BCUT2D eigenvalue weighted by molar-refractivity contribution is 5.83. The number of halogens is 2. The molecule has 0 aliphatic rings. The van der Waals surface area contributed by atoms with E-state index in [0.717, 1.165) is 6.07 Å². The fourth-order valence-electron chi connectivity index (χ4n) is 1.97. The predicted molar refractivity (Wildman–Crippen MR) is 67.7 cm³/mol. The molecule has 0 amide bonds. The van der Waals surface area contributed by atoms with E-state index in [9.17, 15) is 13.6 Å². The smallest absolute Gasteiger partial charge is 0.258 e. The first kappa shape index (κ1) is 11.5. The molecule has 5 heteroatoms. The quantitative estimate of drug-likeness (QED) is 0.729. The van der Waals surface area contributed by atoms with E-state index in [1.165, 1.54) is 18.5 Å². The van der Waals surface area contributed by atoms with E-state index in [1.54, 1.807) is 18.2 Å². The topological polar surface area (TPSA) is 45.8 Å². The Kier molecular flexibility index (Phi) is 2.59. The largest absolute Gasteiger partial charge is 0.313 e. The first-order valence-corrected chi connectivity index (χ1v) is 5.57. The van der Waals surface area contributed by atoms with Crippen molar-refractivity contribution in [3.63, 3.8) is 0 Å². The van der Waals surface area contributed by atoms with Crippen molar-refractivity contribution < 1.29 is 8.78 Å². The van der Waals surface area contributed by atoms with E-state index in [4.69, 9.17) is 0 Å². The third-order valence-electron chi connectivity index (χ3n) is 2.84. The highest BCUT2D eigenvalue weighted by Crippen LogP contribution is 2.23. The van der Waals surface area contributed by atoms with Gasteiger partial charge in [0.1, 0.15) is 11.6 Å². The highest BCUT2D eigenvalue weighted by Gasteiger charge is 2.06. The molecule has 19 heavy (non-hydrogen) atoms. The minimum atomic E-state index is -0.644. The Morgan fingerprint density at radius 2 is 1.68 bits per heavy atom. The number of fused-ring (bicyclic) bond motifs is 1. The maximum atomic E-state index is 13.2.